The van der Waals surface area contributed by atoms with Crippen molar-refractivity contribution in [1.29, 1.82) is 0 Å². The van der Waals surface area contributed by atoms with Crippen LogP contribution in [0, 0.1) is 0 Å². The van der Waals surface area contributed by atoms with Crippen molar-refractivity contribution < 1.29 is 0 Å². The summed E-state index contributed by atoms with van der Waals surface area (Å²) < 4.78 is 0. The summed E-state index contributed by atoms with van der Waals surface area (Å²) in [5, 5.41) is 0. The number of aromatic nitrogens is 1. The monoisotopic (exact) mass is 270 g/mol. The smallest absolute Gasteiger partial charge is 0.0279 e. The van der Waals surface area contributed by atoms with Gasteiger partial charge in [-0.2, -0.15) is 0 Å². The van der Waals surface area contributed by atoms with Gasteiger partial charge in [0.05, 0.1) is 0 Å². The normalized spacial score (nSPS) is 11.8. The van der Waals surface area contributed by atoms with Gasteiger partial charge in [-0.3, -0.25) is 4.98 Å². The third kappa shape index (κ3) is 4.54. The van der Waals surface area contributed by atoms with Crippen molar-refractivity contribution in [2.24, 2.45) is 0 Å². The first-order chi connectivity index (χ1) is 9.25. The predicted octanol–water partition coefficient (Wildman–Crippen LogP) is 3.78. The summed E-state index contributed by atoms with van der Waals surface area (Å²) >= 11 is 1.78. The topological polar surface area (TPSA) is 16.1 Å². The zero-order valence-electron chi connectivity index (χ0n) is 11.3. The quantitative estimate of drug-likeness (QED) is 0.769. The number of hydrogen-bond donors (Lipinski definition) is 0. The number of benzene rings is 1. The summed E-state index contributed by atoms with van der Waals surface area (Å²) in [7, 11) is 4.16. The molecule has 2 rings (SSSR count). The Morgan fingerprint density at radius 1 is 1.11 bits per heavy atom. The van der Waals surface area contributed by atoms with E-state index in [0.717, 1.165) is 6.54 Å². The minimum absolute atomic E-state index is 0.933. The average molecular weight is 270 g/mol. The lowest BCUT2D eigenvalue weighted by Gasteiger charge is -2.10. The summed E-state index contributed by atoms with van der Waals surface area (Å²) in [5.41, 5.74) is 1.26. The fourth-order valence-electron chi connectivity index (χ4n) is 1.62. The second-order valence-electron chi connectivity index (χ2n) is 4.48. The first kappa shape index (κ1) is 13.8. The van der Waals surface area contributed by atoms with Crippen LogP contribution >= 0.6 is 11.8 Å². The highest BCUT2D eigenvalue weighted by Gasteiger charge is 2.04. The van der Waals surface area contributed by atoms with E-state index < -0.39 is 0 Å². The Hall–Kier alpha value is -1.58. The molecule has 0 amide bonds. The lowest BCUT2D eigenvalue weighted by Crippen LogP contribution is -2.10. The molecule has 0 N–H and O–H groups in total. The molecule has 0 saturated carbocycles. The minimum Gasteiger partial charge on any atom is -0.306 e. The molecule has 2 aromatic rings. The maximum Gasteiger partial charge on any atom is 0.0279 e. The molecule has 0 radical (unpaired) electrons. The molecule has 0 unspecified atom stereocenters. The largest absolute Gasteiger partial charge is 0.306 e. The molecule has 0 atom stereocenters. The summed E-state index contributed by atoms with van der Waals surface area (Å²) in [5.74, 6) is 0. The van der Waals surface area contributed by atoms with Gasteiger partial charge in [-0.15, -0.1) is 0 Å². The third-order valence-electron chi connectivity index (χ3n) is 2.58. The first-order valence-corrected chi connectivity index (χ1v) is 7.05. The van der Waals surface area contributed by atoms with Crippen molar-refractivity contribution in [3.8, 4) is 0 Å². The Morgan fingerprint density at radius 2 is 1.79 bits per heavy atom. The van der Waals surface area contributed by atoms with Crippen LogP contribution in [-0.4, -0.2) is 30.5 Å². The molecule has 0 bridgehead atoms. The Kier molecular flexibility index (Phi) is 5.19. The van der Waals surface area contributed by atoms with Crippen LogP contribution in [0.2, 0.25) is 0 Å². The number of pyridine rings is 1. The predicted molar refractivity (Wildman–Crippen MR) is 83.1 cm³/mol. The van der Waals surface area contributed by atoms with Gasteiger partial charge in [0.1, 0.15) is 0 Å². The van der Waals surface area contributed by atoms with Crippen LogP contribution in [0.15, 0.2) is 65.8 Å². The summed E-state index contributed by atoms with van der Waals surface area (Å²) in [4.78, 5) is 8.71. The van der Waals surface area contributed by atoms with Gasteiger partial charge in [-0.25, -0.2) is 0 Å². The Bertz CT molecular complexity index is 521. The van der Waals surface area contributed by atoms with Gasteiger partial charge in [0, 0.05) is 28.7 Å². The van der Waals surface area contributed by atoms with E-state index in [1.54, 1.807) is 11.8 Å². The molecule has 0 saturated heterocycles. The van der Waals surface area contributed by atoms with Gasteiger partial charge in [-0.05, 0) is 31.8 Å². The highest BCUT2D eigenvalue weighted by atomic mass is 32.2. The van der Waals surface area contributed by atoms with Gasteiger partial charge in [0.15, 0.2) is 0 Å². The maximum absolute atomic E-state index is 4.06. The second-order valence-corrected chi connectivity index (χ2v) is 5.60. The minimum atomic E-state index is 0.933. The molecule has 1 aromatic carbocycles. The van der Waals surface area contributed by atoms with Gasteiger partial charge in [0.2, 0.25) is 0 Å². The second kappa shape index (κ2) is 7.12. The van der Waals surface area contributed by atoms with Crippen LogP contribution in [0.4, 0.5) is 0 Å². The summed E-state index contributed by atoms with van der Waals surface area (Å²) in [6.07, 6.45) is 5.92. The number of thioether (sulfide) groups is 1. The van der Waals surface area contributed by atoms with E-state index in [1.165, 1.54) is 15.4 Å². The fourth-order valence-corrected chi connectivity index (χ4v) is 2.54. The van der Waals surface area contributed by atoms with Crippen molar-refractivity contribution in [3.05, 3.63) is 66.5 Å². The fraction of sp³-hybridized carbons (Fsp3) is 0.188. The van der Waals surface area contributed by atoms with Crippen LogP contribution in [-0.2, 0) is 0 Å². The zero-order chi connectivity index (χ0) is 13.5. The van der Waals surface area contributed by atoms with Crippen molar-refractivity contribution >= 4 is 16.7 Å². The van der Waals surface area contributed by atoms with E-state index in [4.69, 9.17) is 0 Å². The lowest BCUT2D eigenvalue weighted by molar-refractivity contribution is 0.457. The van der Waals surface area contributed by atoms with E-state index in [0.29, 0.717) is 0 Å². The van der Waals surface area contributed by atoms with Crippen LogP contribution < -0.4 is 0 Å². The van der Waals surface area contributed by atoms with E-state index in [2.05, 4.69) is 54.3 Å². The highest BCUT2D eigenvalue weighted by Crippen LogP contribution is 2.33. The molecule has 3 heteroatoms. The van der Waals surface area contributed by atoms with Crippen LogP contribution in [0.1, 0.15) is 5.56 Å². The molecule has 1 heterocycles. The molecule has 0 aliphatic rings. The molecular formula is C16H18N2S. The van der Waals surface area contributed by atoms with Gasteiger partial charge in [0.25, 0.3) is 0 Å². The molecule has 2 nitrogen and oxygen atoms in total. The maximum atomic E-state index is 4.06. The van der Waals surface area contributed by atoms with Crippen LogP contribution in [0.3, 0.4) is 0 Å². The van der Waals surface area contributed by atoms with Crippen molar-refractivity contribution in [2.75, 3.05) is 20.6 Å². The number of nitrogens with zero attached hydrogens (tertiary/aromatic N) is 2. The standard InChI is InChI=1S/C16H18N2S/c1-18(2)13-10-16(14-6-4-3-5-7-14)19-15-8-11-17-12-9-15/h3-12H,13H2,1-2H3/b16-10-. The molecule has 0 aliphatic carbocycles. The van der Waals surface area contributed by atoms with E-state index in [-0.39, 0.29) is 0 Å². The SMILES string of the molecule is CN(C)C/C=C(\Sc1ccncc1)c1ccccc1. The molecule has 98 valence electrons. The number of rotatable bonds is 5. The lowest BCUT2D eigenvalue weighted by atomic mass is 10.2. The van der Waals surface area contributed by atoms with Crippen LogP contribution in [0.5, 0.6) is 0 Å². The molecule has 19 heavy (non-hydrogen) atoms. The van der Waals surface area contributed by atoms with Gasteiger partial charge < -0.3 is 4.90 Å². The number of likely N-dealkylation sites (N-methyl/N-ethyl adjacent to an activating group) is 1. The molecule has 0 spiro atoms. The highest BCUT2D eigenvalue weighted by molar-refractivity contribution is 8.08. The van der Waals surface area contributed by atoms with Crippen molar-refractivity contribution in [2.45, 2.75) is 4.90 Å². The van der Waals surface area contributed by atoms with Crippen molar-refractivity contribution in [3.63, 3.8) is 0 Å². The summed E-state index contributed by atoms with van der Waals surface area (Å²) in [6.45, 7) is 0.933. The van der Waals surface area contributed by atoms with E-state index >= 15 is 0 Å². The van der Waals surface area contributed by atoms with Crippen molar-refractivity contribution in [1.82, 2.24) is 9.88 Å². The van der Waals surface area contributed by atoms with E-state index in [9.17, 15) is 0 Å². The third-order valence-corrected chi connectivity index (χ3v) is 3.71. The van der Waals surface area contributed by atoms with Gasteiger partial charge >= 0.3 is 0 Å². The first-order valence-electron chi connectivity index (χ1n) is 6.24. The molecule has 1 aromatic heterocycles. The Morgan fingerprint density at radius 3 is 2.42 bits per heavy atom. The molecular weight excluding hydrogens is 252 g/mol. The Balaban J connectivity index is 2.22. The summed E-state index contributed by atoms with van der Waals surface area (Å²) in [6, 6.07) is 14.6. The number of hydrogen-bond acceptors (Lipinski definition) is 3. The molecule has 0 fully saturated rings. The van der Waals surface area contributed by atoms with Gasteiger partial charge in [-0.1, -0.05) is 48.2 Å². The average Bonchev–Trinajstić information content (AvgIpc) is 2.45. The van der Waals surface area contributed by atoms with E-state index in [1.807, 2.05) is 30.6 Å². The zero-order valence-corrected chi connectivity index (χ0v) is 12.1. The molecule has 0 aliphatic heterocycles. The Labute approximate surface area is 119 Å². The van der Waals surface area contributed by atoms with Crippen LogP contribution in [0.25, 0.3) is 4.91 Å².